The Morgan fingerprint density at radius 1 is 1.25 bits per heavy atom. The fourth-order valence-corrected chi connectivity index (χ4v) is 3.42. The van der Waals surface area contributed by atoms with Crippen LogP contribution in [0.4, 0.5) is 0 Å². The summed E-state index contributed by atoms with van der Waals surface area (Å²) in [4.78, 5) is 23.3. The summed E-state index contributed by atoms with van der Waals surface area (Å²) in [5.41, 5.74) is -1.34. The Bertz CT molecular complexity index is 802. The summed E-state index contributed by atoms with van der Waals surface area (Å²) in [6.07, 6.45) is 0. The Hall–Kier alpha value is -2.35. The lowest BCUT2D eigenvalue weighted by atomic mass is 10.3. The van der Waals surface area contributed by atoms with Crippen LogP contribution >= 0.6 is 0 Å². The lowest BCUT2D eigenvalue weighted by Gasteiger charge is -2.06. The molecule has 0 aliphatic carbocycles. The smallest absolute Gasteiger partial charge is 0.346 e. The van der Waals surface area contributed by atoms with Crippen molar-refractivity contribution in [3.05, 3.63) is 46.2 Å². The van der Waals surface area contributed by atoms with E-state index in [1.807, 2.05) is 0 Å². The third kappa shape index (κ3) is 2.14. The molecule has 8 heteroatoms. The minimum absolute atomic E-state index is 0.0141. The molecule has 1 aromatic heterocycles. The first-order valence-corrected chi connectivity index (χ1v) is 7.05. The largest absolute Gasteiger partial charge is 0.465 e. The number of rotatable bonds is 3. The predicted octanol–water partition coefficient (Wildman–Crippen LogP) is 0.333. The molecule has 2 aromatic rings. The molecule has 20 heavy (non-hydrogen) atoms. The van der Waals surface area contributed by atoms with Gasteiger partial charge in [0.05, 0.1) is 12.0 Å². The highest BCUT2D eigenvalue weighted by molar-refractivity contribution is 7.91. The van der Waals surface area contributed by atoms with Crippen LogP contribution in [0.25, 0.3) is 0 Å². The number of aryl methyl sites for hydroxylation is 1. The van der Waals surface area contributed by atoms with Gasteiger partial charge in [-0.3, -0.25) is 14.6 Å². The number of H-pyrrole nitrogens is 1. The van der Waals surface area contributed by atoms with Crippen LogP contribution in [0.1, 0.15) is 10.4 Å². The molecule has 0 aliphatic heterocycles. The monoisotopic (exact) mass is 296 g/mol. The van der Waals surface area contributed by atoms with Crippen LogP contribution in [0.2, 0.25) is 0 Å². The number of esters is 1. The van der Waals surface area contributed by atoms with Crippen LogP contribution in [0.5, 0.6) is 0 Å². The molecule has 106 valence electrons. The number of methoxy groups -OCH3 is 1. The molecule has 0 atom stereocenters. The molecule has 0 radical (unpaired) electrons. The zero-order valence-electron chi connectivity index (χ0n) is 10.8. The number of hydrogen-bond acceptors (Lipinski definition) is 5. The van der Waals surface area contributed by atoms with Crippen LogP contribution in [-0.2, 0) is 21.6 Å². The highest BCUT2D eigenvalue weighted by Crippen LogP contribution is 2.22. The fourth-order valence-electron chi connectivity index (χ4n) is 1.83. The molecule has 0 bridgehead atoms. The van der Waals surface area contributed by atoms with Crippen LogP contribution in [0, 0.1) is 0 Å². The van der Waals surface area contributed by atoms with E-state index in [-0.39, 0.29) is 4.90 Å². The maximum absolute atomic E-state index is 12.5. The van der Waals surface area contributed by atoms with E-state index in [2.05, 4.69) is 9.84 Å². The first-order chi connectivity index (χ1) is 9.39. The summed E-state index contributed by atoms with van der Waals surface area (Å²) < 4.78 is 30.5. The molecule has 0 amide bonds. The highest BCUT2D eigenvalue weighted by Gasteiger charge is 2.31. The summed E-state index contributed by atoms with van der Waals surface area (Å²) in [6.45, 7) is 0. The van der Waals surface area contributed by atoms with Gasteiger partial charge in [0.2, 0.25) is 9.84 Å². The topological polar surface area (TPSA) is 98.2 Å². The van der Waals surface area contributed by atoms with Crippen molar-refractivity contribution in [1.82, 2.24) is 9.78 Å². The van der Waals surface area contributed by atoms with E-state index >= 15 is 0 Å². The first kappa shape index (κ1) is 14.1. The predicted molar refractivity (Wildman–Crippen MR) is 69.3 cm³/mol. The summed E-state index contributed by atoms with van der Waals surface area (Å²) in [5, 5.41) is 1.83. The molecule has 7 nitrogen and oxygen atoms in total. The van der Waals surface area contributed by atoms with Crippen molar-refractivity contribution in [3.8, 4) is 0 Å². The maximum Gasteiger partial charge on any atom is 0.346 e. The van der Waals surface area contributed by atoms with Gasteiger partial charge in [0.25, 0.3) is 5.56 Å². The molecule has 1 N–H and O–H groups in total. The number of nitrogens with one attached hydrogen (secondary N) is 1. The number of aromatic nitrogens is 2. The van der Waals surface area contributed by atoms with E-state index in [9.17, 15) is 18.0 Å². The van der Waals surface area contributed by atoms with Gasteiger partial charge in [-0.05, 0) is 12.1 Å². The van der Waals surface area contributed by atoms with Gasteiger partial charge < -0.3 is 4.74 Å². The zero-order chi connectivity index (χ0) is 14.9. The maximum atomic E-state index is 12.5. The van der Waals surface area contributed by atoms with Gasteiger partial charge in [-0.15, -0.1) is 0 Å². The number of benzene rings is 1. The highest BCUT2D eigenvalue weighted by atomic mass is 32.2. The van der Waals surface area contributed by atoms with Crippen LogP contribution in [0.3, 0.4) is 0 Å². The molecule has 0 saturated heterocycles. The summed E-state index contributed by atoms with van der Waals surface area (Å²) in [7, 11) is -1.59. The number of aromatic amines is 1. The first-order valence-electron chi connectivity index (χ1n) is 5.57. The Kier molecular flexibility index (Phi) is 3.49. The average molecular weight is 296 g/mol. The third-order valence-corrected chi connectivity index (χ3v) is 4.59. The summed E-state index contributed by atoms with van der Waals surface area (Å²) >= 11 is 0. The summed E-state index contributed by atoms with van der Waals surface area (Å²) in [5.74, 6) is -0.999. The van der Waals surface area contributed by atoms with Crippen molar-refractivity contribution in [2.24, 2.45) is 7.05 Å². The normalized spacial score (nSPS) is 11.3. The Morgan fingerprint density at radius 2 is 1.85 bits per heavy atom. The zero-order valence-corrected chi connectivity index (χ0v) is 11.6. The van der Waals surface area contributed by atoms with Crippen molar-refractivity contribution in [2.75, 3.05) is 7.11 Å². The minimum atomic E-state index is -4.00. The molecule has 0 aliphatic rings. The van der Waals surface area contributed by atoms with Gasteiger partial charge in [-0.2, -0.15) is 0 Å². The van der Waals surface area contributed by atoms with Crippen molar-refractivity contribution in [3.63, 3.8) is 0 Å². The molecule has 0 saturated carbocycles. The van der Waals surface area contributed by atoms with Crippen LogP contribution in [0.15, 0.2) is 45.0 Å². The number of carbonyl (C=O) groups excluding carboxylic acids is 1. The van der Waals surface area contributed by atoms with E-state index in [1.165, 1.54) is 19.2 Å². The fraction of sp³-hybridized carbons (Fsp3) is 0.167. The van der Waals surface area contributed by atoms with Gasteiger partial charge in [-0.25, -0.2) is 13.2 Å². The average Bonchev–Trinajstić information content (AvgIpc) is 2.74. The number of ether oxygens (including phenoxy) is 1. The van der Waals surface area contributed by atoms with Crippen molar-refractivity contribution >= 4 is 15.8 Å². The van der Waals surface area contributed by atoms with E-state index < -0.39 is 32.0 Å². The number of hydrogen-bond donors (Lipinski definition) is 1. The van der Waals surface area contributed by atoms with Gasteiger partial charge in [0, 0.05) is 7.05 Å². The molecular weight excluding hydrogens is 284 g/mol. The lowest BCUT2D eigenvalue weighted by molar-refractivity contribution is 0.0594. The molecule has 1 heterocycles. The van der Waals surface area contributed by atoms with Gasteiger partial charge in [-0.1, -0.05) is 18.2 Å². The second kappa shape index (κ2) is 4.97. The quantitative estimate of drug-likeness (QED) is 0.823. The number of sulfone groups is 1. The molecule has 0 spiro atoms. The molecule has 2 rings (SSSR count). The van der Waals surface area contributed by atoms with Crippen molar-refractivity contribution in [1.29, 1.82) is 0 Å². The molecule has 0 fully saturated rings. The van der Waals surface area contributed by atoms with Crippen molar-refractivity contribution in [2.45, 2.75) is 9.92 Å². The van der Waals surface area contributed by atoms with E-state index in [0.29, 0.717) is 0 Å². The molecule has 1 aromatic carbocycles. The van der Waals surface area contributed by atoms with Crippen molar-refractivity contribution < 1.29 is 17.9 Å². The Balaban J connectivity index is 2.77. The van der Waals surface area contributed by atoms with Gasteiger partial charge in [0.15, 0.2) is 10.6 Å². The second-order valence-corrected chi connectivity index (χ2v) is 5.85. The van der Waals surface area contributed by atoms with E-state index in [1.54, 1.807) is 18.2 Å². The second-order valence-electron chi connectivity index (χ2n) is 3.99. The van der Waals surface area contributed by atoms with Crippen LogP contribution in [-0.4, -0.2) is 31.3 Å². The minimum Gasteiger partial charge on any atom is -0.465 e. The lowest BCUT2D eigenvalue weighted by Crippen LogP contribution is -2.17. The number of carbonyl (C=O) groups is 1. The summed E-state index contributed by atoms with van der Waals surface area (Å²) in [6, 6.07) is 7.53. The SMILES string of the molecule is COC(=O)c1c(S(=O)(=O)c2ccccc2)n(C)[nH]c1=O. The van der Waals surface area contributed by atoms with Crippen LogP contribution < -0.4 is 5.56 Å². The van der Waals surface area contributed by atoms with Gasteiger partial charge >= 0.3 is 5.97 Å². The third-order valence-electron chi connectivity index (χ3n) is 2.71. The molecule has 0 unspecified atom stereocenters. The number of nitrogens with zero attached hydrogens (tertiary/aromatic N) is 1. The van der Waals surface area contributed by atoms with E-state index in [0.717, 1.165) is 11.8 Å². The Labute approximate surface area is 114 Å². The standard InChI is InChI=1S/C12H12N2O5S/c1-14-11(9(10(15)13-14)12(16)19-2)20(17,18)8-6-4-3-5-7-8/h3-7H,1-2H3,(H,13,15). The Morgan fingerprint density at radius 3 is 2.40 bits per heavy atom. The van der Waals surface area contributed by atoms with Gasteiger partial charge in [0.1, 0.15) is 0 Å². The molecular formula is C12H12N2O5S. The van der Waals surface area contributed by atoms with E-state index in [4.69, 9.17) is 0 Å².